The topological polar surface area (TPSA) is 75.0 Å². The molecule has 29 heavy (non-hydrogen) atoms. The van der Waals surface area contributed by atoms with Crippen LogP contribution in [0.4, 0.5) is 5.69 Å². The summed E-state index contributed by atoms with van der Waals surface area (Å²) in [7, 11) is 0. The van der Waals surface area contributed by atoms with Gasteiger partial charge >= 0.3 is 0 Å². The number of nitriles is 1. The number of ether oxygens (including phenoxy) is 1. The van der Waals surface area contributed by atoms with Crippen molar-refractivity contribution in [3.8, 4) is 23.1 Å². The molecule has 0 aliphatic rings. The standard InChI is InChI=1S/C22H18ClN3O2S/c1-2-28-19-10-8-18(9-11-19)25-21(27)14-29-22-16(13-24)5-12-20(26-22)15-3-6-17(23)7-4-15/h3-12H,2,14H2,1H3,(H,25,27). The van der Waals surface area contributed by atoms with Crippen LogP contribution in [0.3, 0.4) is 0 Å². The predicted octanol–water partition coefficient (Wildman–Crippen LogP) is 5.40. The third-order valence-electron chi connectivity index (χ3n) is 3.91. The molecule has 0 spiro atoms. The first-order valence-corrected chi connectivity index (χ1v) is 10.3. The smallest absolute Gasteiger partial charge is 0.234 e. The largest absolute Gasteiger partial charge is 0.494 e. The van der Waals surface area contributed by atoms with Crippen molar-refractivity contribution in [2.75, 3.05) is 17.7 Å². The first-order valence-electron chi connectivity index (χ1n) is 8.91. The maximum atomic E-state index is 12.3. The molecule has 2 aromatic carbocycles. The molecule has 0 radical (unpaired) electrons. The maximum Gasteiger partial charge on any atom is 0.234 e. The lowest BCUT2D eigenvalue weighted by Gasteiger charge is -2.09. The Labute approximate surface area is 178 Å². The van der Waals surface area contributed by atoms with Crippen molar-refractivity contribution in [3.05, 3.63) is 71.2 Å². The third kappa shape index (κ3) is 5.74. The van der Waals surface area contributed by atoms with E-state index in [2.05, 4.69) is 16.4 Å². The number of nitrogens with zero attached hydrogens (tertiary/aromatic N) is 2. The van der Waals surface area contributed by atoms with Gasteiger partial charge in [-0.1, -0.05) is 35.5 Å². The number of aromatic nitrogens is 1. The lowest BCUT2D eigenvalue weighted by atomic mass is 10.1. The zero-order chi connectivity index (χ0) is 20.6. The number of rotatable bonds is 7. The number of amides is 1. The van der Waals surface area contributed by atoms with Crippen molar-refractivity contribution >= 4 is 35.0 Å². The number of anilines is 1. The average Bonchev–Trinajstić information content (AvgIpc) is 2.74. The van der Waals surface area contributed by atoms with Crippen LogP contribution >= 0.6 is 23.4 Å². The van der Waals surface area contributed by atoms with Crippen LogP contribution in [0.25, 0.3) is 11.3 Å². The van der Waals surface area contributed by atoms with Gasteiger partial charge in [0.05, 0.1) is 23.6 Å². The summed E-state index contributed by atoms with van der Waals surface area (Å²) in [6.45, 7) is 2.50. The van der Waals surface area contributed by atoms with Crippen LogP contribution in [-0.4, -0.2) is 23.3 Å². The Morgan fingerprint density at radius 2 is 1.86 bits per heavy atom. The fourth-order valence-corrected chi connectivity index (χ4v) is 3.45. The van der Waals surface area contributed by atoms with Crippen LogP contribution in [0.2, 0.25) is 5.02 Å². The molecular weight excluding hydrogens is 406 g/mol. The monoisotopic (exact) mass is 423 g/mol. The highest BCUT2D eigenvalue weighted by Crippen LogP contribution is 2.26. The second kappa shape index (κ2) is 9.97. The van der Waals surface area contributed by atoms with E-state index in [1.165, 1.54) is 11.8 Å². The van der Waals surface area contributed by atoms with E-state index in [-0.39, 0.29) is 11.7 Å². The van der Waals surface area contributed by atoms with Crippen LogP contribution < -0.4 is 10.1 Å². The Morgan fingerprint density at radius 3 is 2.52 bits per heavy atom. The Morgan fingerprint density at radius 1 is 1.14 bits per heavy atom. The Balaban J connectivity index is 1.67. The third-order valence-corrected chi connectivity index (χ3v) is 5.15. The van der Waals surface area contributed by atoms with Gasteiger partial charge in [0.1, 0.15) is 16.8 Å². The predicted molar refractivity (Wildman–Crippen MR) is 116 cm³/mol. The van der Waals surface area contributed by atoms with Gasteiger partial charge in [0.2, 0.25) is 5.91 Å². The number of carbonyl (C=O) groups excluding carboxylic acids is 1. The van der Waals surface area contributed by atoms with Gasteiger partial charge in [-0.15, -0.1) is 0 Å². The van der Waals surface area contributed by atoms with Crippen LogP contribution in [-0.2, 0) is 4.79 Å². The zero-order valence-corrected chi connectivity index (χ0v) is 17.3. The molecule has 3 rings (SSSR count). The number of benzene rings is 2. The molecule has 1 heterocycles. The van der Waals surface area contributed by atoms with E-state index in [0.717, 1.165) is 17.0 Å². The van der Waals surface area contributed by atoms with Crippen molar-refractivity contribution in [1.29, 1.82) is 5.26 Å². The minimum absolute atomic E-state index is 0.138. The first-order chi connectivity index (χ1) is 14.1. The summed E-state index contributed by atoms with van der Waals surface area (Å²) in [5, 5.41) is 13.3. The number of nitrogens with one attached hydrogen (secondary N) is 1. The molecule has 0 atom stereocenters. The first kappa shape index (κ1) is 20.7. The highest BCUT2D eigenvalue weighted by atomic mass is 35.5. The van der Waals surface area contributed by atoms with E-state index in [1.54, 1.807) is 48.5 Å². The van der Waals surface area contributed by atoms with Crippen molar-refractivity contribution < 1.29 is 9.53 Å². The van der Waals surface area contributed by atoms with Gasteiger partial charge in [-0.2, -0.15) is 5.26 Å². The van der Waals surface area contributed by atoms with E-state index in [9.17, 15) is 10.1 Å². The van der Waals surface area contributed by atoms with Gasteiger partial charge in [0, 0.05) is 16.3 Å². The summed E-state index contributed by atoms with van der Waals surface area (Å²) < 4.78 is 5.39. The van der Waals surface area contributed by atoms with Crippen LogP contribution in [0.15, 0.2) is 65.7 Å². The number of pyridine rings is 1. The Bertz CT molecular complexity index is 1030. The molecule has 0 bridgehead atoms. The maximum absolute atomic E-state index is 12.3. The second-order valence-corrected chi connectivity index (χ2v) is 7.36. The molecule has 146 valence electrons. The molecule has 1 amide bonds. The quantitative estimate of drug-likeness (QED) is 0.514. The van der Waals surface area contributed by atoms with Crippen LogP contribution in [0, 0.1) is 11.3 Å². The molecule has 7 heteroatoms. The zero-order valence-electron chi connectivity index (χ0n) is 15.7. The van der Waals surface area contributed by atoms with Crippen molar-refractivity contribution in [2.45, 2.75) is 11.9 Å². The molecule has 0 saturated carbocycles. The molecular formula is C22H18ClN3O2S. The molecule has 0 saturated heterocycles. The van der Waals surface area contributed by atoms with Gasteiger partial charge in [0.25, 0.3) is 0 Å². The SMILES string of the molecule is CCOc1ccc(NC(=O)CSc2nc(-c3ccc(Cl)cc3)ccc2C#N)cc1. The van der Waals surface area contributed by atoms with Crippen LogP contribution in [0.5, 0.6) is 5.75 Å². The molecule has 0 aliphatic carbocycles. The van der Waals surface area contributed by atoms with E-state index in [4.69, 9.17) is 16.3 Å². The van der Waals surface area contributed by atoms with Gasteiger partial charge in [-0.3, -0.25) is 4.79 Å². The summed E-state index contributed by atoms with van der Waals surface area (Å²) in [5.74, 6) is 0.711. The Kier molecular flexibility index (Phi) is 7.12. The normalized spacial score (nSPS) is 10.2. The molecule has 3 aromatic rings. The fraction of sp³-hybridized carbons (Fsp3) is 0.136. The lowest BCUT2D eigenvalue weighted by Crippen LogP contribution is -2.14. The van der Waals surface area contributed by atoms with E-state index < -0.39 is 0 Å². The van der Waals surface area contributed by atoms with Gasteiger partial charge < -0.3 is 10.1 Å². The summed E-state index contributed by atoms with van der Waals surface area (Å²) in [6, 6.07) is 20.1. The second-order valence-electron chi connectivity index (χ2n) is 5.96. The van der Waals surface area contributed by atoms with Gasteiger partial charge in [-0.05, 0) is 55.5 Å². The molecule has 0 aliphatic heterocycles. The fourth-order valence-electron chi connectivity index (χ4n) is 2.55. The average molecular weight is 424 g/mol. The number of carbonyl (C=O) groups is 1. The number of halogens is 1. The minimum Gasteiger partial charge on any atom is -0.494 e. The molecule has 5 nitrogen and oxygen atoms in total. The van der Waals surface area contributed by atoms with E-state index in [1.807, 2.05) is 19.1 Å². The molecule has 1 aromatic heterocycles. The molecule has 0 unspecified atom stereocenters. The van der Waals surface area contributed by atoms with Crippen LogP contribution in [0.1, 0.15) is 12.5 Å². The summed E-state index contributed by atoms with van der Waals surface area (Å²) >= 11 is 7.16. The lowest BCUT2D eigenvalue weighted by molar-refractivity contribution is -0.113. The highest BCUT2D eigenvalue weighted by molar-refractivity contribution is 8.00. The van der Waals surface area contributed by atoms with Crippen molar-refractivity contribution in [2.24, 2.45) is 0 Å². The molecule has 0 fully saturated rings. The number of hydrogen-bond donors (Lipinski definition) is 1. The van der Waals surface area contributed by atoms with Gasteiger partial charge in [0.15, 0.2) is 0 Å². The minimum atomic E-state index is -0.179. The van der Waals surface area contributed by atoms with Crippen molar-refractivity contribution in [3.63, 3.8) is 0 Å². The summed E-state index contributed by atoms with van der Waals surface area (Å²) in [5.41, 5.74) is 2.72. The molecule has 1 N–H and O–H groups in total. The van der Waals surface area contributed by atoms with E-state index >= 15 is 0 Å². The number of thioether (sulfide) groups is 1. The van der Waals surface area contributed by atoms with Crippen molar-refractivity contribution in [1.82, 2.24) is 4.98 Å². The summed E-state index contributed by atoms with van der Waals surface area (Å²) in [6.07, 6.45) is 0. The Hall–Kier alpha value is -3.01. The van der Waals surface area contributed by atoms with E-state index in [0.29, 0.717) is 27.9 Å². The number of hydrogen-bond acceptors (Lipinski definition) is 5. The highest BCUT2D eigenvalue weighted by Gasteiger charge is 2.11. The summed E-state index contributed by atoms with van der Waals surface area (Å²) in [4.78, 5) is 16.9. The van der Waals surface area contributed by atoms with Gasteiger partial charge in [-0.25, -0.2) is 4.98 Å².